The third-order valence-corrected chi connectivity index (χ3v) is 2.79. The van der Waals surface area contributed by atoms with E-state index in [2.05, 4.69) is 19.9 Å². The standard InChI is InChI=1S/C11H9ClN6.ClH/c12-8-2-1-7(3-14-8)4-18-6-17-9-10(13)15-5-16-11(9)18;/h1-3,5-6H,4H2,(H2,13,15,16);1H. The van der Waals surface area contributed by atoms with E-state index in [1.807, 2.05) is 10.6 Å². The van der Waals surface area contributed by atoms with Gasteiger partial charge in [-0.1, -0.05) is 17.7 Å². The van der Waals surface area contributed by atoms with Gasteiger partial charge in [0.05, 0.1) is 12.9 Å². The molecule has 0 saturated carbocycles. The molecule has 98 valence electrons. The lowest BCUT2D eigenvalue weighted by molar-refractivity contribution is 0.809. The molecule has 3 heterocycles. The van der Waals surface area contributed by atoms with Gasteiger partial charge in [0, 0.05) is 6.20 Å². The molecule has 0 amide bonds. The highest BCUT2D eigenvalue weighted by Gasteiger charge is 2.07. The molecule has 0 atom stereocenters. The van der Waals surface area contributed by atoms with Gasteiger partial charge in [0.15, 0.2) is 11.5 Å². The summed E-state index contributed by atoms with van der Waals surface area (Å²) < 4.78 is 1.89. The van der Waals surface area contributed by atoms with Gasteiger partial charge in [0.25, 0.3) is 0 Å². The quantitative estimate of drug-likeness (QED) is 0.731. The SMILES string of the molecule is Cl.Nc1ncnc2c1ncn2Cc1ccc(Cl)nc1. The molecular weight excluding hydrogens is 287 g/mol. The number of aromatic nitrogens is 5. The molecule has 19 heavy (non-hydrogen) atoms. The maximum absolute atomic E-state index is 5.74. The lowest BCUT2D eigenvalue weighted by atomic mass is 10.3. The van der Waals surface area contributed by atoms with Crippen LogP contribution in [0.25, 0.3) is 11.2 Å². The predicted molar refractivity (Wildman–Crippen MR) is 75.3 cm³/mol. The van der Waals surface area contributed by atoms with Crippen LogP contribution in [0.1, 0.15) is 5.56 Å². The molecule has 0 aliphatic rings. The van der Waals surface area contributed by atoms with Crippen molar-refractivity contribution in [1.82, 2.24) is 24.5 Å². The van der Waals surface area contributed by atoms with Crippen molar-refractivity contribution < 1.29 is 0 Å². The fourth-order valence-electron chi connectivity index (χ4n) is 1.71. The molecule has 0 aromatic carbocycles. The average Bonchev–Trinajstić information content (AvgIpc) is 2.77. The van der Waals surface area contributed by atoms with E-state index in [1.165, 1.54) is 6.33 Å². The van der Waals surface area contributed by atoms with E-state index >= 15 is 0 Å². The molecule has 6 nitrogen and oxygen atoms in total. The zero-order valence-corrected chi connectivity index (χ0v) is 11.3. The van der Waals surface area contributed by atoms with Gasteiger partial charge in [-0.15, -0.1) is 12.4 Å². The molecule has 0 fully saturated rings. The Kier molecular flexibility index (Phi) is 3.82. The fourth-order valence-corrected chi connectivity index (χ4v) is 1.82. The minimum atomic E-state index is 0. The number of hydrogen-bond acceptors (Lipinski definition) is 5. The number of nitrogen functional groups attached to an aromatic ring is 1. The zero-order chi connectivity index (χ0) is 12.5. The molecule has 0 aliphatic heterocycles. The second-order valence-corrected chi connectivity index (χ2v) is 4.18. The molecule has 0 aliphatic carbocycles. The number of nitrogens with zero attached hydrogens (tertiary/aromatic N) is 5. The summed E-state index contributed by atoms with van der Waals surface area (Å²) in [4.78, 5) is 16.3. The molecule has 3 aromatic heterocycles. The number of fused-ring (bicyclic) bond motifs is 1. The Labute approximate surface area is 120 Å². The Morgan fingerprint density at radius 3 is 2.74 bits per heavy atom. The number of imidazole rings is 1. The van der Waals surface area contributed by atoms with Crippen LogP contribution in [0.4, 0.5) is 5.82 Å². The summed E-state index contributed by atoms with van der Waals surface area (Å²) in [6, 6.07) is 3.66. The topological polar surface area (TPSA) is 82.5 Å². The van der Waals surface area contributed by atoms with Crippen LogP contribution in [-0.4, -0.2) is 24.5 Å². The van der Waals surface area contributed by atoms with Crippen molar-refractivity contribution in [2.45, 2.75) is 6.54 Å². The largest absolute Gasteiger partial charge is 0.382 e. The van der Waals surface area contributed by atoms with Crippen LogP contribution in [-0.2, 0) is 6.54 Å². The fraction of sp³-hybridized carbons (Fsp3) is 0.0909. The maximum Gasteiger partial charge on any atom is 0.165 e. The first kappa shape index (κ1) is 13.5. The summed E-state index contributed by atoms with van der Waals surface area (Å²) >= 11 is 5.74. The average molecular weight is 297 g/mol. The Bertz CT molecular complexity index is 694. The number of rotatable bonds is 2. The minimum Gasteiger partial charge on any atom is -0.382 e. The van der Waals surface area contributed by atoms with E-state index in [0.29, 0.717) is 28.7 Å². The Hall–Kier alpha value is -1.92. The molecule has 0 spiro atoms. The Morgan fingerprint density at radius 1 is 1.16 bits per heavy atom. The number of hydrogen-bond donors (Lipinski definition) is 1. The number of pyridine rings is 1. The van der Waals surface area contributed by atoms with Crippen molar-refractivity contribution >= 4 is 41.0 Å². The van der Waals surface area contributed by atoms with Gasteiger partial charge in [0.2, 0.25) is 0 Å². The Balaban J connectivity index is 0.00000133. The summed E-state index contributed by atoms with van der Waals surface area (Å²) in [7, 11) is 0. The number of anilines is 1. The monoisotopic (exact) mass is 296 g/mol. The molecule has 0 bridgehead atoms. The van der Waals surface area contributed by atoms with E-state index in [1.54, 1.807) is 18.6 Å². The molecule has 0 radical (unpaired) electrons. The van der Waals surface area contributed by atoms with Crippen LogP contribution >= 0.6 is 24.0 Å². The number of nitrogens with two attached hydrogens (primary N) is 1. The van der Waals surface area contributed by atoms with E-state index in [9.17, 15) is 0 Å². The smallest absolute Gasteiger partial charge is 0.165 e. The highest BCUT2D eigenvalue weighted by Crippen LogP contribution is 2.15. The second kappa shape index (κ2) is 5.38. The van der Waals surface area contributed by atoms with Gasteiger partial charge in [-0.2, -0.15) is 0 Å². The minimum absolute atomic E-state index is 0. The van der Waals surface area contributed by atoms with Crippen molar-refractivity contribution in [3.05, 3.63) is 41.7 Å². The van der Waals surface area contributed by atoms with Crippen LogP contribution in [0.2, 0.25) is 5.15 Å². The lowest BCUT2D eigenvalue weighted by Gasteiger charge is -2.03. The molecule has 3 aromatic rings. The van der Waals surface area contributed by atoms with Crippen LogP contribution < -0.4 is 5.73 Å². The van der Waals surface area contributed by atoms with Gasteiger partial charge in [-0.05, 0) is 11.6 Å². The van der Waals surface area contributed by atoms with E-state index in [4.69, 9.17) is 17.3 Å². The van der Waals surface area contributed by atoms with Gasteiger partial charge in [-0.3, -0.25) is 0 Å². The third kappa shape index (κ3) is 2.59. The highest BCUT2D eigenvalue weighted by atomic mass is 35.5. The first-order chi connectivity index (χ1) is 8.74. The first-order valence-corrected chi connectivity index (χ1v) is 5.63. The van der Waals surface area contributed by atoms with Crippen molar-refractivity contribution in [2.75, 3.05) is 5.73 Å². The van der Waals surface area contributed by atoms with E-state index in [0.717, 1.165) is 5.56 Å². The maximum atomic E-state index is 5.74. The number of halogens is 2. The summed E-state index contributed by atoms with van der Waals surface area (Å²) in [5.74, 6) is 0.382. The molecule has 0 unspecified atom stereocenters. The summed E-state index contributed by atoms with van der Waals surface area (Å²) in [5.41, 5.74) is 8.05. The summed E-state index contributed by atoms with van der Waals surface area (Å²) in [6.07, 6.45) is 4.83. The Morgan fingerprint density at radius 2 is 2.00 bits per heavy atom. The van der Waals surface area contributed by atoms with Gasteiger partial charge in [-0.25, -0.2) is 19.9 Å². The second-order valence-electron chi connectivity index (χ2n) is 3.79. The third-order valence-electron chi connectivity index (χ3n) is 2.57. The predicted octanol–water partition coefficient (Wildman–Crippen LogP) is 1.93. The molecule has 8 heteroatoms. The van der Waals surface area contributed by atoms with E-state index in [-0.39, 0.29) is 12.4 Å². The lowest BCUT2D eigenvalue weighted by Crippen LogP contribution is -2.00. The van der Waals surface area contributed by atoms with Crippen LogP contribution in [0.3, 0.4) is 0 Å². The van der Waals surface area contributed by atoms with Gasteiger partial charge >= 0.3 is 0 Å². The highest BCUT2D eigenvalue weighted by molar-refractivity contribution is 6.29. The van der Waals surface area contributed by atoms with Crippen molar-refractivity contribution in [1.29, 1.82) is 0 Å². The van der Waals surface area contributed by atoms with Gasteiger partial charge < -0.3 is 10.3 Å². The molecular formula is C11H10Cl2N6. The normalized spacial score (nSPS) is 10.4. The molecule has 3 rings (SSSR count). The summed E-state index contributed by atoms with van der Waals surface area (Å²) in [6.45, 7) is 0.608. The first-order valence-electron chi connectivity index (χ1n) is 5.26. The van der Waals surface area contributed by atoms with Crippen molar-refractivity contribution in [3.63, 3.8) is 0 Å². The molecule has 2 N–H and O–H groups in total. The van der Waals surface area contributed by atoms with Gasteiger partial charge in [0.1, 0.15) is 17.0 Å². The van der Waals surface area contributed by atoms with E-state index < -0.39 is 0 Å². The van der Waals surface area contributed by atoms with Crippen LogP contribution in [0, 0.1) is 0 Å². The molecule has 0 saturated heterocycles. The van der Waals surface area contributed by atoms with Crippen LogP contribution in [0.5, 0.6) is 0 Å². The van der Waals surface area contributed by atoms with Crippen LogP contribution in [0.15, 0.2) is 31.0 Å². The van der Waals surface area contributed by atoms with Crippen molar-refractivity contribution in [2.24, 2.45) is 0 Å². The summed E-state index contributed by atoms with van der Waals surface area (Å²) in [5, 5.41) is 0.473. The van der Waals surface area contributed by atoms with Crippen molar-refractivity contribution in [3.8, 4) is 0 Å². The zero-order valence-electron chi connectivity index (χ0n) is 9.69.